The van der Waals surface area contributed by atoms with Gasteiger partial charge in [-0.05, 0) is 19.3 Å². The average Bonchev–Trinajstić information content (AvgIpc) is 2.49. The Labute approximate surface area is 132 Å². The zero-order valence-corrected chi connectivity index (χ0v) is 14.7. The van der Waals surface area contributed by atoms with Gasteiger partial charge in [-0.1, -0.05) is 72.1 Å². The normalized spacial score (nSPS) is 10.6. The van der Waals surface area contributed by atoms with Crippen molar-refractivity contribution in [2.75, 3.05) is 19.7 Å². The Morgan fingerprint density at radius 2 is 1.19 bits per heavy atom. The lowest BCUT2D eigenvalue weighted by atomic mass is 10.2. The molecule has 3 nitrogen and oxygen atoms in total. The minimum absolute atomic E-state index is 0.0981. The SMILES string of the molecule is CCCCCCN(CCCCCC)C(=O)OCCCCC. The largest absolute Gasteiger partial charge is 0.449 e. The van der Waals surface area contributed by atoms with E-state index in [0.717, 1.165) is 45.2 Å². The molecule has 0 fully saturated rings. The van der Waals surface area contributed by atoms with E-state index in [1.165, 1.54) is 38.5 Å². The second-order valence-electron chi connectivity index (χ2n) is 5.93. The molecule has 0 aromatic carbocycles. The van der Waals surface area contributed by atoms with Crippen molar-refractivity contribution in [3.8, 4) is 0 Å². The summed E-state index contributed by atoms with van der Waals surface area (Å²) in [7, 11) is 0. The summed E-state index contributed by atoms with van der Waals surface area (Å²) in [6.07, 6.45) is 12.8. The molecule has 0 heterocycles. The number of carbonyl (C=O) groups is 1. The lowest BCUT2D eigenvalue weighted by Gasteiger charge is -2.22. The van der Waals surface area contributed by atoms with Gasteiger partial charge in [-0.2, -0.15) is 0 Å². The van der Waals surface area contributed by atoms with Crippen LogP contribution >= 0.6 is 0 Å². The van der Waals surface area contributed by atoms with E-state index in [9.17, 15) is 4.79 Å². The molecule has 0 saturated carbocycles. The van der Waals surface area contributed by atoms with Crippen LogP contribution in [0.5, 0.6) is 0 Å². The second-order valence-corrected chi connectivity index (χ2v) is 5.93. The molecule has 0 aliphatic heterocycles. The lowest BCUT2D eigenvalue weighted by Crippen LogP contribution is -2.33. The number of hydrogen-bond donors (Lipinski definition) is 0. The molecule has 0 spiro atoms. The molecule has 0 aromatic heterocycles. The standard InChI is InChI=1S/C18H37NO2/c1-4-7-10-12-15-19(16-13-11-8-5-2)18(20)21-17-14-9-6-3/h4-17H2,1-3H3. The molecular weight excluding hydrogens is 262 g/mol. The van der Waals surface area contributed by atoms with E-state index in [1.54, 1.807) is 0 Å². The van der Waals surface area contributed by atoms with Crippen LogP contribution in [0.3, 0.4) is 0 Å². The Morgan fingerprint density at radius 1 is 0.714 bits per heavy atom. The maximum atomic E-state index is 12.1. The summed E-state index contributed by atoms with van der Waals surface area (Å²) in [5, 5.41) is 0. The van der Waals surface area contributed by atoms with Crippen molar-refractivity contribution in [3.05, 3.63) is 0 Å². The highest BCUT2D eigenvalue weighted by Crippen LogP contribution is 2.07. The van der Waals surface area contributed by atoms with Crippen molar-refractivity contribution < 1.29 is 9.53 Å². The van der Waals surface area contributed by atoms with E-state index < -0.39 is 0 Å². The van der Waals surface area contributed by atoms with Gasteiger partial charge in [0.05, 0.1) is 6.61 Å². The van der Waals surface area contributed by atoms with E-state index in [2.05, 4.69) is 20.8 Å². The predicted octanol–water partition coefficient (Wildman–Crippen LogP) is 5.78. The van der Waals surface area contributed by atoms with E-state index in [0.29, 0.717) is 6.61 Å². The third-order valence-corrected chi connectivity index (χ3v) is 3.79. The van der Waals surface area contributed by atoms with Gasteiger partial charge in [-0.25, -0.2) is 4.79 Å². The van der Waals surface area contributed by atoms with E-state index in [1.807, 2.05) is 4.90 Å². The molecule has 126 valence electrons. The zero-order valence-electron chi connectivity index (χ0n) is 14.7. The smallest absolute Gasteiger partial charge is 0.409 e. The fourth-order valence-corrected chi connectivity index (χ4v) is 2.36. The van der Waals surface area contributed by atoms with Gasteiger partial charge in [0.1, 0.15) is 0 Å². The minimum atomic E-state index is -0.0981. The molecule has 0 unspecified atom stereocenters. The monoisotopic (exact) mass is 299 g/mol. The van der Waals surface area contributed by atoms with Gasteiger partial charge >= 0.3 is 6.09 Å². The van der Waals surface area contributed by atoms with Crippen molar-refractivity contribution in [2.24, 2.45) is 0 Å². The predicted molar refractivity (Wildman–Crippen MR) is 90.7 cm³/mol. The highest BCUT2D eigenvalue weighted by molar-refractivity contribution is 5.67. The van der Waals surface area contributed by atoms with Gasteiger partial charge in [0.25, 0.3) is 0 Å². The van der Waals surface area contributed by atoms with Crippen molar-refractivity contribution in [1.82, 2.24) is 4.90 Å². The number of amides is 1. The molecule has 0 radical (unpaired) electrons. The van der Waals surface area contributed by atoms with Gasteiger partial charge < -0.3 is 9.64 Å². The molecule has 3 heteroatoms. The number of nitrogens with zero attached hydrogens (tertiary/aromatic N) is 1. The first kappa shape index (κ1) is 20.3. The van der Waals surface area contributed by atoms with Crippen LogP contribution in [0, 0.1) is 0 Å². The minimum Gasteiger partial charge on any atom is -0.449 e. The summed E-state index contributed by atoms with van der Waals surface area (Å²) in [5.41, 5.74) is 0. The molecule has 0 aliphatic rings. The molecule has 0 bridgehead atoms. The van der Waals surface area contributed by atoms with Gasteiger partial charge in [0.15, 0.2) is 0 Å². The Balaban J connectivity index is 3.98. The number of carbonyl (C=O) groups excluding carboxylic acids is 1. The van der Waals surface area contributed by atoms with Gasteiger partial charge in [-0.3, -0.25) is 0 Å². The highest BCUT2D eigenvalue weighted by atomic mass is 16.6. The lowest BCUT2D eigenvalue weighted by molar-refractivity contribution is 0.0991. The maximum absolute atomic E-state index is 12.1. The molecule has 0 rings (SSSR count). The van der Waals surface area contributed by atoms with Crippen LogP contribution in [0.25, 0.3) is 0 Å². The third kappa shape index (κ3) is 12.7. The number of hydrogen-bond acceptors (Lipinski definition) is 2. The first-order valence-corrected chi connectivity index (χ1v) is 9.17. The number of unbranched alkanes of at least 4 members (excludes halogenated alkanes) is 8. The quantitative estimate of drug-likeness (QED) is 0.381. The van der Waals surface area contributed by atoms with Crippen LogP contribution in [0.4, 0.5) is 4.79 Å². The number of rotatable bonds is 14. The molecule has 0 aliphatic carbocycles. The Hall–Kier alpha value is -0.730. The van der Waals surface area contributed by atoms with Crippen molar-refractivity contribution in [1.29, 1.82) is 0 Å². The highest BCUT2D eigenvalue weighted by Gasteiger charge is 2.13. The molecule has 21 heavy (non-hydrogen) atoms. The second kappa shape index (κ2) is 15.7. The maximum Gasteiger partial charge on any atom is 0.409 e. The van der Waals surface area contributed by atoms with Crippen molar-refractivity contribution in [3.63, 3.8) is 0 Å². The van der Waals surface area contributed by atoms with Crippen LogP contribution in [-0.2, 0) is 4.74 Å². The summed E-state index contributed by atoms with van der Waals surface area (Å²) >= 11 is 0. The number of ether oxygens (including phenoxy) is 1. The fraction of sp³-hybridized carbons (Fsp3) is 0.944. The van der Waals surface area contributed by atoms with Crippen molar-refractivity contribution >= 4 is 6.09 Å². The molecular formula is C18H37NO2. The average molecular weight is 299 g/mol. The van der Waals surface area contributed by atoms with E-state index >= 15 is 0 Å². The first-order valence-electron chi connectivity index (χ1n) is 9.17. The van der Waals surface area contributed by atoms with Crippen LogP contribution in [0.2, 0.25) is 0 Å². The summed E-state index contributed by atoms with van der Waals surface area (Å²) < 4.78 is 5.41. The molecule has 0 saturated heterocycles. The summed E-state index contributed by atoms with van der Waals surface area (Å²) in [6, 6.07) is 0. The van der Waals surface area contributed by atoms with Gasteiger partial charge in [-0.15, -0.1) is 0 Å². The Morgan fingerprint density at radius 3 is 1.67 bits per heavy atom. The van der Waals surface area contributed by atoms with Crippen LogP contribution in [0.1, 0.15) is 91.4 Å². The molecule has 0 atom stereocenters. The summed E-state index contributed by atoms with van der Waals surface area (Å²) in [5.74, 6) is 0. The molecule has 1 amide bonds. The third-order valence-electron chi connectivity index (χ3n) is 3.79. The van der Waals surface area contributed by atoms with E-state index in [4.69, 9.17) is 4.74 Å². The van der Waals surface area contributed by atoms with Gasteiger partial charge in [0, 0.05) is 13.1 Å². The molecule has 0 N–H and O–H groups in total. The van der Waals surface area contributed by atoms with Crippen molar-refractivity contribution in [2.45, 2.75) is 91.4 Å². The van der Waals surface area contributed by atoms with Crippen LogP contribution < -0.4 is 0 Å². The first-order chi connectivity index (χ1) is 10.3. The summed E-state index contributed by atoms with van der Waals surface area (Å²) in [6.45, 7) is 8.88. The van der Waals surface area contributed by atoms with Crippen LogP contribution in [-0.4, -0.2) is 30.7 Å². The van der Waals surface area contributed by atoms with Crippen LogP contribution in [0.15, 0.2) is 0 Å². The zero-order chi connectivity index (χ0) is 15.8. The molecule has 0 aromatic rings. The van der Waals surface area contributed by atoms with E-state index in [-0.39, 0.29) is 6.09 Å². The van der Waals surface area contributed by atoms with Gasteiger partial charge in [0.2, 0.25) is 0 Å². The Kier molecular flexibility index (Phi) is 15.1. The fourth-order valence-electron chi connectivity index (χ4n) is 2.36. The topological polar surface area (TPSA) is 29.5 Å². The summed E-state index contributed by atoms with van der Waals surface area (Å²) in [4.78, 5) is 14.1. The Bertz CT molecular complexity index is 219.